The number of rotatable bonds is 7. The number of fused-ring (bicyclic) bond motifs is 2. The van der Waals surface area contributed by atoms with Crippen molar-refractivity contribution in [3.05, 3.63) is 99.1 Å². The van der Waals surface area contributed by atoms with E-state index in [2.05, 4.69) is 4.90 Å². The van der Waals surface area contributed by atoms with Gasteiger partial charge in [0.15, 0.2) is 11.5 Å². The second kappa shape index (κ2) is 9.38. The Morgan fingerprint density at radius 3 is 2.37 bits per heavy atom. The van der Waals surface area contributed by atoms with E-state index in [1.54, 1.807) is 26.4 Å². The topological polar surface area (TPSA) is 85.2 Å². The molecule has 0 aromatic heterocycles. The first-order valence-corrected chi connectivity index (χ1v) is 11.6. The molecule has 35 heavy (non-hydrogen) atoms. The number of ether oxygens (including phenoxy) is 2. The van der Waals surface area contributed by atoms with E-state index in [0.717, 1.165) is 22.3 Å². The lowest BCUT2D eigenvalue weighted by atomic mass is 9.93. The van der Waals surface area contributed by atoms with Crippen LogP contribution >= 0.6 is 0 Å². The number of methoxy groups -OCH3 is 2. The smallest absolute Gasteiger partial charge is 0.269 e. The van der Waals surface area contributed by atoms with Crippen molar-refractivity contribution >= 4 is 11.6 Å². The highest BCUT2D eigenvalue weighted by atomic mass is 16.6. The Kier molecular flexibility index (Phi) is 6.13. The summed E-state index contributed by atoms with van der Waals surface area (Å²) in [5, 5.41) is 11.5. The molecule has 0 bridgehead atoms. The number of nitro groups is 1. The summed E-state index contributed by atoms with van der Waals surface area (Å²) in [7, 11) is 3.20. The molecule has 8 nitrogen and oxygen atoms in total. The molecule has 2 heterocycles. The number of carbonyl (C=O) groups is 1. The van der Waals surface area contributed by atoms with E-state index >= 15 is 0 Å². The van der Waals surface area contributed by atoms with Crippen molar-refractivity contribution < 1.29 is 19.2 Å². The Hall–Kier alpha value is -3.91. The molecule has 2 unspecified atom stereocenters. The minimum Gasteiger partial charge on any atom is -0.493 e. The Balaban J connectivity index is 1.53. The monoisotopic (exact) mass is 473 g/mol. The zero-order valence-corrected chi connectivity index (χ0v) is 19.7. The van der Waals surface area contributed by atoms with Crippen molar-refractivity contribution in [2.45, 2.75) is 31.6 Å². The first-order valence-electron chi connectivity index (χ1n) is 11.6. The standard InChI is InChI=1S/C27H27N3O5/c1-34-24-15-20-14-23-27(31)28(12-11-18-7-4-3-5-8-18)26(19-9-6-10-22(13-19)30(32)33)29(23)17-21(20)16-25(24)35-2/h3-10,13,15-16,23,26H,11-12,14,17H2,1-2H3. The van der Waals surface area contributed by atoms with E-state index in [0.29, 0.717) is 37.4 Å². The van der Waals surface area contributed by atoms with Gasteiger partial charge in [0.05, 0.1) is 25.2 Å². The number of hydrogen-bond acceptors (Lipinski definition) is 6. The fourth-order valence-corrected chi connectivity index (χ4v) is 5.21. The molecule has 0 spiro atoms. The molecule has 1 amide bonds. The zero-order valence-electron chi connectivity index (χ0n) is 19.7. The second-order valence-corrected chi connectivity index (χ2v) is 8.86. The third-order valence-electron chi connectivity index (χ3n) is 6.91. The van der Waals surface area contributed by atoms with Crippen LogP contribution in [0.15, 0.2) is 66.7 Å². The van der Waals surface area contributed by atoms with Gasteiger partial charge in [-0.3, -0.25) is 19.8 Å². The van der Waals surface area contributed by atoms with Gasteiger partial charge in [0.25, 0.3) is 5.69 Å². The maximum absolute atomic E-state index is 13.7. The molecular weight excluding hydrogens is 446 g/mol. The van der Waals surface area contributed by atoms with Gasteiger partial charge in [-0.15, -0.1) is 0 Å². The lowest BCUT2D eigenvalue weighted by molar-refractivity contribution is -0.385. The van der Waals surface area contributed by atoms with E-state index in [-0.39, 0.29) is 17.6 Å². The summed E-state index contributed by atoms with van der Waals surface area (Å²) in [6.45, 7) is 1.05. The first-order chi connectivity index (χ1) is 17.0. The van der Waals surface area contributed by atoms with Crippen LogP contribution in [0.3, 0.4) is 0 Å². The van der Waals surface area contributed by atoms with Crippen LogP contribution in [0.2, 0.25) is 0 Å². The van der Waals surface area contributed by atoms with Crippen molar-refractivity contribution in [3.8, 4) is 11.5 Å². The first kappa shape index (κ1) is 22.9. The van der Waals surface area contributed by atoms with Crippen LogP contribution in [0.25, 0.3) is 0 Å². The van der Waals surface area contributed by atoms with Crippen LogP contribution in [0.5, 0.6) is 11.5 Å². The molecule has 2 atom stereocenters. The lowest BCUT2D eigenvalue weighted by Gasteiger charge is -2.35. The van der Waals surface area contributed by atoms with Gasteiger partial charge in [0.2, 0.25) is 5.91 Å². The molecular formula is C27H27N3O5. The predicted octanol–water partition coefficient (Wildman–Crippen LogP) is 4.12. The molecule has 0 radical (unpaired) electrons. The number of carbonyl (C=O) groups excluding carboxylic acids is 1. The Labute approximate surface area is 203 Å². The summed E-state index contributed by atoms with van der Waals surface area (Å²) in [5.41, 5.74) is 4.02. The average Bonchev–Trinajstić information content (AvgIpc) is 3.16. The normalized spacial score (nSPS) is 19.3. The van der Waals surface area contributed by atoms with Crippen molar-refractivity contribution in [2.75, 3.05) is 20.8 Å². The number of amides is 1. The quantitative estimate of drug-likeness (QED) is 0.379. The predicted molar refractivity (Wildman–Crippen MR) is 130 cm³/mol. The van der Waals surface area contributed by atoms with Crippen molar-refractivity contribution in [1.29, 1.82) is 0 Å². The highest BCUT2D eigenvalue weighted by Crippen LogP contribution is 2.43. The van der Waals surface area contributed by atoms with Crippen LogP contribution in [0, 0.1) is 10.1 Å². The fraction of sp³-hybridized carbons (Fsp3) is 0.296. The minimum atomic E-state index is -0.394. The summed E-state index contributed by atoms with van der Waals surface area (Å²) in [6.07, 6.45) is 0.854. The Morgan fingerprint density at radius 2 is 1.69 bits per heavy atom. The van der Waals surface area contributed by atoms with E-state index in [1.807, 2.05) is 53.4 Å². The summed E-state index contributed by atoms with van der Waals surface area (Å²) in [5.74, 6) is 1.32. The number of benzene rings is 3. The van der Waals surface area contributed by atoms with E-state index in [4.69, 9.17) is 9.47 Å². The fourth-order valence-electron chi connectivity index (χ4n) is 5.21. The van der Waals surface area contributed by atoms with E-state index in [1.165, 1.54) is 6.07 Å². The molecule has 3 aromatic rings. The van der Waals surface area contributed by atoms with Gasteiger partial charge in [0.1, 0.15) is 6.17 Å². The second-order valence-electron chi connectivity index (χ2n) is 8.86. The molecule has 2 aliphatic heterocycles. The molecule has 0 saturated carbocycles. The van der Waals surface area contributed by atoms with E-state index < -0.39 is 11.1 Å². The third kappa shape index (κ3) is 4.21. The molecule has 8 heteroatoms. The van der Waals surface area contributed by atoms with Gasteiger partial charge in [0, 0.05) is 25.2 Å². The maximum Gasteiger partial charge on any atom is 0.269 e. The molecule has 1 saturated heterocycles. The highest BCUT2D eigenvalue weighted by molar-refractivity contribution is 5.85. The molecule has 5 rings (SSSR count). The van der Waals surface area contributed by atoms with Gasteiger partial charge in [-0.2, -0.15) is 0 Å². The van der Waals surface area contributed by atoms with Crippen LogP contribution < -0.4 is 9.47 Å². The van der Waals surface area contributed by atoms with Gasteiger partial charge in [-0.1, -0.05) is 42.5 Å². The summed E-state index contributed by atoms with van der Waals surface area (Å²) in [6, 6.07) is 20.2. The number of non-ortho nitro benzene ring substituents is 1. The van der Waals surface area contributed by atoms with Crippen molar-refractivity contribution in [1.82, 2.24) is 9.80 Å². The number of hydrogen-bond donors (Lipinski definition) is 0. The SMILES string of the molecule is COc1cc2c(cc1OC)CN1C(C2)C(=O)N(CCc2ccccc2)C1c1cccc([N+](=O)[O-])c1. The van der Waals surface area contributed by atoms with Gasteiger partial charge in [-0.05, 0) is 47.2 Å². The largest absolute Gasteiger partial charge is 0.493 e. The van der Waals surface area contributed by atoms with E-state index in [9.17, 15) is 14.9 Å². The third-order valence-corrected chi connectivity index (χ3v) is 6.91. The van der Waals surface area contributed by atoms with Crippen LogP contribution in [0.4, 0.5) is 5.69 Å². The molecule has 0 aliphatic carbocycles. The highest BCUT2D eigenvalue weighted by Gasteiger charge is 2.48. The van der Waals surface area contributed by atoms with Crippen LogP contribution in [0.1, 0.15) is 28.4 Å². The van der Waals surface area contributed by atoms with Gasteiger partial charge >= 0.3 is 0 Å². The molecule has 3 aromatic carbocycles. The zero-order chi connectivity index (χ0) is 24.5. The summed E-state index contributed by atoms with van der Waals surface area (Å²) in [4.78, 5) is 28.9. The average molecular weight is 474 g/mol. The van der Waals surface area contributed by atoms with Crippen molar-refractivity contribution in [2.24, 2.45) is 0 Å². The maximum atomic E-state index is 13.7. The number of nitro benzene ring substituents is 1. The Bertz CT molecular complexity index is 1260. The molecule has 2 aliphatic rings. The molecule has 1 fully saturated rings. The summed E-state index contributed by atoms with van der Waals surface area (Å²) >= 11 is 0. The molecule has 180 valence electrons. The van der Waals surface area contributed by atoms with Gasteiger partial charge < -0.3 is 14.4 Å². The van der Waals surface area contributed by atoms with Gasteiger partial charge in [-0.25, -0.2) is 0 Å². The lowest BCUT2D eigenvalue weighted by Crippen LogP contribution is -2.39. The summed E-state index contributed by atoms with van der Waals surface area (Å²) < 4.78 is 11.0. The van der Waals surface area contributed by atoms with Crippen molar-refractivity contribution in [3.63, 3.8) is 0 Å². The number of nitrogens with zero attached hydrogens (tertiary/aromatic N) is 3. The van der Waals surface area contributed by atoms with Crippen LogP contribution in [-0.4, -0.2) is 47.4 Å². The molecule has 0 N–H and O–H groups in total. The van der Waals surface area contributed by atoms with Crippen LogP contribution in [-0.2, 0) is 24.2 Å². The Morgan fingerprint density at radius 1 is 0.971 bits per heavy atom. The minimum absolute atomic E-state index is 0.0187.